The first kappa shape index (κ1) is 17.7. The average molecular weight is 325 g/mol. The number of carbonyl (C=O) groups excluding carboxylic acids is 2. The molecule has 0 bridgehead atoms. The van der Waals surface area contributed by atoms with Crippen molar-refractivity contribution in [3.63, 3.8) is 0 Å². The van der Waals surface area contributed by atoms with Gasteiger partial charge >= 0.3 is 5.97 Å². The summed E-state index contributed by atoms with van der Waals surface area (Å²) in [7, 11) is 0. The van der Waals surface area contributed by atoms with E-state index in [2.05, 4.69) is 5.32 Å². The number of rotatable bonds is 5. The van der Waals surface area contributed by atoms with Crippen LogP contribution in [0.4, 0.5) is 0 Å². The lowest BCUT2D eigenvalue weighted by atomic mass is 9.86. The molecule has 0 unspecified atom stereocenters. The smallest absolute Gasteiger partial charge is 0.329 e. The summed E-state index contributed by atoms with van der Waals surface area (Å²) in [5.41, 5.74) is 0.966. The summed E-state index contributed by atoms with van der Waals surface area (Å²) < 4.78 is 5.40. The number of ether oxygens (including phenoxy) is 1. The van der Waals surface area contributed by atoms with Crippen LogP contribution in [0.15, 0.2) is 60.7 Å². The third kappa shape index (κ3) is 4.95. The fraction of sp³-hybridized carbons (Fsp3) is 0.300. The molecule has 4 heteroatoms. The van der Waals surface area contributed by atoms with Gasteiger partial charge in [0.25, 0.3) is 5.91 Å². The van der Waals surface area contributed by atoms with Gasteiger partial charge in [-0.1, -0.05) is 69.3 Å². The van der Waals surface area contributed by atoms with Crippen LogP contribution < -0.4 is 5.32 Å². The maximum atomic E-state index is 12.5. The standard InChI is InChI=1S/C20H23NO3/c1-20(2,3)17(21-18(22)16-12-8-5-9-13-16)19(23)24-14-15-10-6-4-7-11-15/h4-13,17H,14H2,1-3H3,(H,21,22)/t17-/m1/s1. The molecule has 0 aliphatic carbocycles. The van der Waals surface area contributed by atoms with E-state index in [0.717, 1.165) is 5.56 Å². The molecule has 2 aromatic rings. The largest absolute Gasteiger partial charge is 0.459 e. The van der Waals surface area contributed by atoms with Crippen LogP contribution in [0.5, 0.6) is 0 Å². The van der Waals surface area contributed by atoms with Crippen molar-refractivity contribution in [2.45, 2.75) is 33.4 Å². The summed E-state index contributed by atoms with van der Waals surface area (Å²) in [6.07, 6.45) is 0. The molecule has 0 spiro atoms. The minimum absolute atomic E-state index is 0.188. The Morgan fingerprint density at radius 3 is 2.04 bits per heavy atom. The highest BCUT2D eigenvalue weighted by Crippen LogP contribution is 2.21. The molecule has 2 aromatic carbocycles. The average Bonchev–Trinajstić information content (AvgIpc) is 2.58. The Kier molecular flexibility index (Phi) is 5.74. The van der Waals surface area contributed by atoms with Crippen molar-refractivity contribution >= 4 is 11.9 Å². The number of esters is 1. The van der Waals surface area contributed by atoms with Crippen LogP contribution in [-0.4, -0.2) is 17.9 Å². The lowest BCUT2D eigenvalue weighted by Crippen LogP contribution is -2.49. The molecule has 0 aromatic heterocycles. The van der Waals surface area contributed by atoms with E-state index in [0.29, 0.717) is 5.56 Å². The normalized spacial score (nSPS) is 12.3. The van der Waals surface area contributed by atoms with Gasteiger partial charge in [-0.15, -0.1) is 0 Å². The first-order valence-corrected chi connectivity index (χ1v) is 7.94. The van der Waals surface area contributed by atoms with Crippen LogP contribution in [0, 0.1) is 5.41 Å². The number of hydrogen-bond donors (Lipinski definition) is 1. The second kappa shape index (κ2) is 7.77. The van der Waals surface area contributed by atoms with E-state index in [1.54, 1.807) is 24.3 Å². The van der Waals surface area contributed by atoms with Gasteiger partial charge in [0.2, 0.25) is 0 Å². The van der Waals surface area contributed by atoms with E-state index in [1.165, 1.54) is 0 Å². The van der Waals surface area contributed by atoms with Crippen molar-refractivity contribution in [1.29, 1.82) is 0 Å². The van der Waals surface area contributed by atoms with Crippen molar-refractivity contribution in [2.75, 3.05) is 0 Å². The van der Waals surface area contributed by atoms with Crippen molar-refractivity contribution in [2.24, 2.45) is 5.41 Å². The van der Waals surface area contributed by atoms with Gasteiger partial charge in [0.05, 0.1) is 0 Å². The maximum Gasteiger partial charge on any atom is 0.329 e. The van der Waals surface area contributed by atoms with Crippen molar-refractivity contribution in [3.8, 4) is 0 Å². The van der Waals surface area contributed by atoms with Gasteiger partial charge in [0, 0.05) is 5.56 Å². The summed E-state index contributed by atoms with van der Waals surface area (Å²) in [6.45, 7) is 5.87. The van der Waals surface area contributed by atoms with Crippen LogP contribution in [0.3, 0.4) is 0 Å². The predicted octanol–water partition coefficient (Wildman–Crippen LogP) is 3.57. The van der Waals surface area contributed by atoms with Crippen molar-refractivity contribution in [1.82, 2.24) is 5.32 Å². The number of benzene rings is 2. The van der Waals surface area contributed by atoms with Gasteiger partial charge in [0.1, 0.15) is 12.6 Å². The predicted molar refractivity (Wildman–Crippen MR) is 93.4 cm³/mol. The zero-order valence-electron chi connectivity index (χ0n) is 14.3. The Bertz CT molecular complexity index is 675. The Labute approximate surface area is 142 Å². The monoisotopic (exact) mass is 325 g/mol. The zero-order valence-corrected chi connectivity index (χ0v) is 14.3. The fourth-order valence-corrected chi connectivity index (χ4v) is 2.24. The third-order valence-corrected chi connectivity index (χ3v) is 3.64. The molecule has 0 saturated carbocycles. The topological polar surface area (TPSA) is 55.4 Å². The molecule has 0 radical (unpaired) electrons. The lowest BCUT2D eigenvalue weighted by Gasteiger charge is -2.29. The van der Waals surface area contributed by atoms with Gasteiger partial charge in [0.15, 0.2) is 0 Å². The molecule has 126 valence electrons. The second-order valence-corrected chi connectivity index (χ2v) is 6.73. The number of hydrogen-bond acceptors (Lipinski definition) is 3. The van der Waals surface area contributed by atoms with E-state index >= 15 is 0 Å². The fourth-order valence-electron chi connectivity index (χ4n) is 2.24. The first-order chi connectivity index (χ1) is 11.4. The first-order valence-electron chi connectivity index (χ1n) is 7.94. The van der Waals surface area contributed by atoms with E-state index in [1.807, 2.05) is 57.2 Å². The van der Waals surface area contributed by atoms with E-state index in [4.69, 9.17) is 4.74 Å². The quantitative estimate of drug-likeness (QED) is 0.855. The molecular formula is C20H23NO3. The Morgan fingerprint density at radius 1 is 0.958 bits per heavy atom. The summed E-state index contributed by atoms with van der Waals surface area (Å²) in [4.78, 5) is 24.9. The van der Waals surface area contributed by atoms with Crippen LogP contribution in [-0.2, 0) is 16.1 Å². The molecule has 0 heterocycles. The maximum absolute atomic E-state index is 12.5. The van der Waals surface area contributed by atoms with Gasteiger partial charge < -0.3 is 10.1 Å². The SMILES string of the molecule is CC(C)(C)[C@H](NC(=O)c1ccccc1)C(=O)OCc1ccccc1. The molecule has 2 rings (SSSR count). The van der Waals surface area contributed by atoms with Crippen LogP contribution in [0.25, 0.3) is 0 Å². The van der Waals surface area contributed by atoms with E-state index < -0.39 is 17.4 Å². The highest BCUT2D eigenvalue weighted by molar-refractivity contribution is 5.96. The van der Waals surface area contributed by atoms with Crippen LogP contribution >= 0.6 is 0 Å². The molecule has 0 fully saturated rings. The molecule has 0 aliphatic heterocycles. The number of amides is 1. The van der Waals surface area contributed by atoms with E-state index in [-0.39, 0.29) is 12.5 Å². The molecule has 1 N–H and O–H groups in total. The lowest BCUT2D eigenvalue weighted by molar-refractivity contribution is -0.150. The summed E-state index contributed by atoms with van der Waals surface area (Å²) >= 11 is 0. The molecule has 24 heavy (non-hydrogen) atoms. The highest BCUT2D eigenvalue weighted by Gasteiger charge is 2.34. The van der Waals surface area contributed by atoms with Gasteiger partial charge in [-0.05, 0) is 23.1 Å². The zero-order chi connectivity index (χ0) is 17.6. The number of nitrogens with one attached hydrogen (secondary N) is 1. The molecule has 0 saturated heterocycles. The molecule has 1 atom stereocenters. The van der Waals surface area contributed by atoms with Crippen molar-refractivity contribution in [3.05, 3.63) is 71.8 Å². The Morgan fingerprint density at radius 2 is 1.50 bits per heavy atom. The minimum Gasteiger partial charge on any atom is -0.459 e. The summed E-state index contributed by atoms with van der Waals surface area (Å²) in [6, 6.07) is 17.6. The third-order valence-electron chi connectivity index (χ3n) is 3.64. The Hall–Kier alpha value is -2.62. The van der Waals surface area contributed by atoms with Gasteiger partial charge in [-0.3, -0.25) is 4.79 Å². The van der Waals surface area contributed by atoms with Crippen molar-refractivity contribution < 1.29 is 14.3 Å². The summed E-state index contributed by atoms with van der Waals surface area (Å²) in [5.74, 6) is -0.720. The molecular weight excluding hydrogens is 302 g/mol. The molecule has 1 amide bonds. The molecule has 0 aliphatic rings. The Balaban J connectivity index is 2.05. The van der Waals surface area contributed by atoms with E-state index in [9.17, 15) is 9.59 Å². The minimum atomic E-state index is -0.728. The summed E-state index contributed by atoms with van der Waals surface area (Å²) in [5, 5.41) is 2.80. The van der Waals surface area contributed by atoms with Crippen LogP contribution in [0.2, 0.25) is 0 Å². The molecule has 4 nitrogen and oxygen atoms in total. The van der Waals surface area contributed by atoms with Crippen LogP contribution in [0.1, 0.15) is 36.7 Å². The second-order valence-electron chi connectivity index (χ2n) is 6.73. The highest BCUT2D eigenvalue weighted by atomic mass is 16.5. The number of carbonyl (C=O) groups is 2. The van der Waals surface area contributed by atoms with Gasteiger partial charge in [-0.2, -0.15) is 0 Å². The van der Waals surface area contributed by atoms with Gasteiger partial charge in [-0.25, -0.2) is 4.79 Å².